The van der Waals surface area contributed by atoms with E-state index >= 15 is 0 Å². The topological polar surface area (TPSA) is 69.7 Å². The molecular weight excluding hydrogens is 349 g/mol. The lowest BCUT2D eigenvalue weighted by Gasteiger charge is -2.24. The van der Waals surface area contributed by atoms with E-state index in [1.165, 1.54) is 0 Å². The number of thiazole rings is 1. The van der Waals surface area contributed by atoms with E-state index < -0.39 is 34.5 Å². The Morgan fingerprint density at radius 2 is 2.05 bits per heavy atom. The monoisotopic (exact) mass is 362 g/mol. The summed E-state index contributed by atoms with van der Waals surface area (Å²) in [5, 5.41) is -1.09. The van der Waals surface area contributed by atoms with E-state index in [4.69, 9.17) is 25.9 Å². The predicted octanol–water partition coefficient (Wildman–Crippen LogP) is 3.01. The van der Waals surface area contributed by atoms with Crippen LogP contribution in [0.4, 0.5) is 13.2 Å². The molecule has 1 aromatic rings. The number of halogens is 4. The molecule has 0 saturated heterocycles. The molecule has 1 amide bonds. The molecule has 1 rings (SSSR count). The van der Waals surface area contributed by atoms with Crippen LogP contribution in [0.3, 0.4) is 0 Å². The van der Waals surface area contributed by atoms with Gasteiger partial charge >= 0.3 is 6.18 Å². The van der Waals surface area contributed by atoms with Crippen molar-refractivity contribution < 1.29 is 32.3 Å². The number of nitrogens with zero attached hydrogens (tertiary/aromatic N) is 1. The Balaban J connectivity index is 2.48. The minimum absolute atomic E-state index is 0.204. The summed E-state index contributed by atoms with van der Waals surface area (Å²) in [5.41, 5.74) is 2.06. The number of nitrogens with one attached hydrogen (secondary N) is 1. The molecule has 0 bridgehead atoms. The summed E-state index contributed by atoms with van der Waals surface area (Å²) in [7, 11) is 0. The Morgan fingerprint density at radius 1 is 1.41 bits per heavy atom. The van der Waals surface area contributed by atoms with Gasteiger partial charge in [0.25, 0.3) is 11.1 Å². The van der Waals surface area contributed by atoms with Crippen molar-refractivity contribution >= 4 is 28.8 Å². The number of amides is 1. The molecule has 6 nitrogen and oxygen atoms in total. The first-order chi connectivity index (χ1) is 10.0. The zero-order chi connectivity index (χ0) is 17.0. The first-order valence-electron chi connectivity index (χ1n) is 6.02. The van der Waals surface area contributed by atoms with Gasteiger partial charge in [-0.3, -0.25) is 4.79 Å². The molecule has 1 aromatic heterocycles. The number of carbonyl (C=O) groups excluding carboxylic acids is 1. The van der Waals surface area contributed by atoms with Gasteiger partial charge in [0.05, 0.1) is 0 Å². The average molecular weight is 363 g/mol. The Bertz CT molecular complexity index is 522. The quantitative estimate of drug-likeness (QED) is 0.596. The average Bonchev–Trinajstić information content (AvgIpc) is 2.75. The van der Waals surface area contributed by atoms with Crippen molar-refractivity contribution in [3.8, 4) is 5.19 Å². The number of aromatic nitrogens is 1. The summed E-state index contributed by atoms with van der Waals surface area (Å²) in [6.07, 6.45) is -4.62. The number of rotatable bonds is 7. The van der Waals surface area contributed by atoms with Crippen LogP contribution in [0.2, 0.25) is 5.15 Å². The molecule has 0 unspecified atom stereocenters. The van der Waals surface area contributed by atoms with E-state index in [9.17, 15) is 18.0 Å². The van der Waals surface area contributed by atoms with Crippen molar-refractivity contribution in [3.63, 3.8) is 0 Å². The molecule has 0 spiro atoms. The highest BCUT2D eigenvalue weighted by Crippen LogP contribution is 2.41. The van der Waals surface area contributed by atoms with Gasteiger partial charge in [-0.2, -0.15) is 18.2 Å². The number of alkyl halides is 3. The van der Waals surface area contributed by atoms with Gasteiger partial charge in [-0.15, -0.1) is 0 Å². The summed E-state index contributed by atoms with van der Waals surface area (Å²) in [6.45, 7) is 4.70. The fraction of sp³-hybridized carbons (Fsp3) is 0.636. The fourth-order valence-corrected chi connectivity index (χ4v) is 2.26. The minimum atomic E-state index is -4.62. The minimum Gasteiger partial charge on any atom is -0.460 e. The second kappa shape index (κ2) is 7.44. The molecule has 22 heavy (non-hydrogen) atoms. The highest BCUT2D eigenvalue weighted by Gasteiger charge is 2.37. The molecule has 1 N–H and O–H groups in total. The van der Waals surface area contributed by atoms with Crippen LogP contribution in [-0.4, -0.2) is 29.9 Å². The third-order valence-corrected chi connectivity index (χ3v) is 3.45. The SMILES string of the molecule is CCOC(C)(C)ONC(=O)COc1nc(Cl)c(C(F)(F)F)s1. The Hall–Kier alpha value is -1.10. The lowest BCUT2D eigenvalue weighted by Crippen LogP contribution is -2.39. The maximum absolute atomic E-state index is 12.5. The second-order valence-electron chi connectivity index (χ2n) is 4.35. The van der Waals surface area contributed by atoms with Gasteiger partial charge in [-0.05, 0) is 20.8 Å². The van der Waals surface area contributed by atoms with Crippen molar-refractivity contribution in [1.82, 2.24) is 10.5 Å². The smallest absolute Gasteiger partial charge is 0.428 e. The maximum Gasteiger partial charge on any atom is 0.428 e. The lowest BCUT2D eigenvalue weighted by atomic mass is 10.4. The van der Waals surface area contributed by atoms with Crippen LogP contribution in [0.5, 0.6) is 5.19 Å². The summed E-state index contributed by atoms with van der Waals surface area (Å²) in [6, 6.07) is 0. The van der Waals surface area contributed by atoms with Gasteiger partial charge in [0.1, 0.15) is 0 Å². The maximum atomic E-state index is 12.5. The molecule has 11 heteroatoms. The molecule has 0 aliphatic rings. The first-order valence-corrected chi connectivity index (χ1v) is 7.21. The van der Waals surface area contributed by atoms with Gasteiger partial charge in [0, 0.05) is 6.61 Å². The van der Waals surface area contributed by atoms with Crippen LogP contribution >= 0.6 is 22.9 Å². The molecule has 0 aromatic carbocycles. The molecule has 0 atom stereocenters. The van der Waals surface area contributed by atoms with E-state index in [-0.39, 0.29) is 16.5 Å². The lowest BCUT2D eigenvalue weighted by molar-refractivity contribution is -0.242. The molecular formula is C11H14ClF3N2O4S. The highest BCUT2D eigenvalue weighted by atomic mass is 35.5. The van der Waals surface area contributed by atoms with Crippen LogP contribution in [-0.2, 0) is 20.5 Å². The van der Waals surface area contributed by atoms with Crippen molar-refractivity contribution in [2.45, 2.75) is 32.7 Å². The Kier molecular flexibility index (Phi) is 6.41. The molecule has 0 saturated carbocycles. The molecule has 0 aliphatic heterocycles. The Labute approximate surface area is 133 Å². The van der Waals surface area contributed by atoms with E-state index in [0.717, 1.165) is 0 Å². The zero-order valence-electron chi connectivity index (χ0n) is 11.9. The molecule has 1 heterocycles. The number of carbonyl (C=O) groups is 1. The number of hydrogen-bond acceptors (Lipinski definition) is 6. The van der Waals surface area contributed by atoms with Gasteiger partial charge in [0.2, 0.25) is 0 Å². The van der Waals surface area contributed by atoms with Gasteiger partial charge in [-0.1, -0.05) is 22.9 Å². The largest absolute Gasteiger partial charge is 0.460 e. The Morgan fingerprint density at radius 3 is 2.55 bits per heavy atom. The molecule has 0 radical (unpaired) electrons. The second-order valence-corrected chi connectivity index (χ2v) is 5.67. The van der Waals surface area contributed by atoms with Gasteiger partial charge in [-0.25, -0.2) is 10.3 Å². The van der Waals surface area contributed by atoms with E-state index in [1.807, 2.05) is 0 Å². The third-order valence-electron chi connectivity index (χ3n) is 2.05. The van der Waals surface area contributed by atoms with Crippen molar-refractivity contribution in [1.29, 1.82) is 0 Å². The summed E-state index contributed by atoms with van der Waals surface area (Å²) in [4.78, 5) is 18.7. The van der Waals surface area contributed by atoms with Crippen molar-refractivity contribution in [3.05, 3.63) is 10.0 Å². The van der Waals surface area contributed by atoms with E-state index in [2.05, 4.69) is 10.5 Å². The number of hydrogen-bond donors (Lipinski definition) is 1. The predicted molar refractivity (Wildman–Crippen MR) is 72.6 cm³/mol. The summed E-state index contributed by atoms with van der Waals surface area (Å²) in [5.74, 6) is -1.76. The van der Waals surface area contributed by atoms with Crippen molar-refractivity contribution in [2.24, 2.45) is 0 Å². The molecule has 126 valence electrons. The van der Waals surface area contributed by atoms with Crippen LogP contribution in [0, 0.1) is 0 Å². The first kappa shape index (κ1) is 18.9. The van der Waals surface area contributed by atoms with Crippen LogP contribution in [0.15, 0.2) is 0 Å². The van der Waals surface area contributed by atoms with Crippen LogP contribution in [0.1, 0.15) is 25.6 Å². The zero-order valence-corrected chi connectivity index (χ0v) is 13.5. The normalized spacial score (nSPS) is 12.3. The number of hydroxylamine groups is 1. The van der Waals surface area contributed by atoms with Gasteiger partial charge in [0.15, 0.2) is 22.4 Å². The van der Waals surface area contributed by atoms with Gasteiger partial charge < -0.3 is 9.47 Å². The van der Waals surface area contributed by atoms with E-state index in [0.29, 0.717) is 6.61 Å². The van der Waals surface area contributed by atoms with Crippen LogP contribution < -0.4 is 10.2 Å². The highest BCUT2D eigenvalue weighted by molar-refractivity contribution is 7.14. The standard InChI is InChI=1S/C11H14ClF3N2O4S/c1-4-20-10(2,3)21-17-6(18)5-19-9-16-8(12)7(22-9)11(13,14)15/h4-5H2,1-3H3,(H,17,18). The van der Waals surface area contributed by atoms with Crippen LogP contribution in [0.25, 0.3) is 0 Å². The summed E-state index contributed by atoms with van der Waals surface area (Å²) >= 11 is 5.56. The fourth-order valence-electron chi connectivity index (χ4n) is 1.23. The third kappa shape index (κ3) is 5.95. The van der Waals surface area contributed by atoms with E-state index in [1.54, 1.807) is 20.8 Å². The van der Waals surface area contributed by atoms with Crippen molar-refractivity contribution in [2.75, 3.05) is 13.2 Å². The number of ether oxygens (including phenoxy) is 2. The summed E-state index contributed by atoms with van der Waals surface area (Å²) < 4.78 is 47.5. The molecule has 0 fully saturated rings. The molecule has 0 aliphatic carbocycles.